The normalized spacial score (nSPS) is 16.9. The second kappa shape index (κ2) is 7.63. The third-order valence-corrected chi connectivity index (χ3v) is 4.24. The molecule has 0 amide bonds. The molecule has 0 aliphatic carbocycles. The van der Waals surface area contributed by atoms with Gasteiger partial charge in [0.1, 0.15) is 11.6 Å². The van der Waals surface area contributed by atoms with E-state index in [2.05, 4.69) is 15.1 Å². The Labute approximate surface area is 154 Å². The molecule has 1 aliphatic rings. The fourth-order valence-corrected chi connectivity index (χ4v) is 2.91. The third kappa shape index (κ3) is 3.85. The molecule has 0 radical (unpaired) electrons. The molecular weight excluding hydrogens is 351 g/mol. The largest absolute Gasteiger partial charge is 0.424 e. The number of aromatic nitrogens is 4. The first-order chi connectivity index (χ1) is 13.2. The molecule has 1 fully saturated rings. The molecular formula is C19H17FN4O3. The molecule has 0 bridgehead atoms. The van der Waals surface area contributed by atoms with Gasteiger partial charge < -0.3 is 9.47 Å². The molecule has 2 aromatic heterocycles. The highest BCUT2D eigenvalue weighted by atomic mass is 19.1. The second-order valence-corrected chi connectivity index (χ2v) is 6.13. The fourth-order valence-electron chi connectivity index (χ4n) is 2.91. The van der Waals surface area contributed by atoms with Gasteiger partial charge in [-0.25, -0.2) is 19.0 Å². The maximum absolute atomic E-state index is 13.2. The van der Waals surface area contributed by atoms with E-state index in [1.165, 1.54) is 35.3 Å². The quantitative estimate of drug-likeness (QED) is 0.703. The number of hydrogen-bond donors (Lipinski definition) is 0. The molecule has 7 nitrogen and oxygen atoms in total. The summed E-state index contributed by atoms with van der Waals surface area (Å²) in [6, 6.07) is 7.38. The van der Waals surface area contributed by atoms with Gasteiger partial charge in [-0.05, 0) is 37.5 Å². The molecule has 1 aliphatic heterocycles. The van der Waals surface area contributed by atoms with Gasteiger partial charge in [-0.1, -0.05) is 6.07 Å². The topological polar surface area (TPSA) is 79.1 Å². The molecule has 3 heterocycles. The van der Waals surface area contributed by atoms with Crippen LogP contribution >= 0.6 is 0 Å². The lowest BCUT2D eigenvalue weighted by molar-refractivity contribution is -0.0423. The molecule has 138 valence electrons. The lowest BCUT2D eigenvalue weighted by Gasteiger charge is -2.23. The zero-order valence-corrected chi connectivity index (χ0v) is 14.4. The Morgan fingerprint density at radius 2 is 2.04 bits per heavy atom. The highest BCUT2D eigenvalue weighted by Crippen LogP contribution is 2.22. The van der Waals surface area contributed by atoms with Gasteiger partial charge in [0, 0.05) is 36.8 Å². The van der Waals surface area contributed by atoms with Gasteiger partial charge in [0.05, 0.1) is 5.56 Å². The summed E-state index contributed by atoms with van der Waals surface area (Å²) in [5.41, 5.74) is 0.710. The van der Waals surface area contributed by atoms with Crippen LogP contribution in [0.4, 0.5) is 4.39 Å². The second-order valence-electron chi connectivity index (χ2n) is 6.13. The smallest absolute Gasteiger partial charge is 0.321 e. The Morgan fingerprint density at radius 1 is 1.19 bits per heavy atom. The van der Waals surface area contributed by atoms with Crippen LogP contribution in [0.3, 0.4) is 0 Å². The molecule has 1 unspecified atom stereocenters. The highest BCUT2D eigenvalue weighted by Gasteiger charge is 2.19. The number of ether oxygens (including phenoxy) is 2. The van der Waals surface area contributed by atoms with Crippen LogP contribution in [0.1, 0.15) is 25.5 Å². The van der Waals surface area contributed by atoms with Crippen molar-refractivity contribution in [3.8, 4) is 22.9 Å². The molecule has 1 atom stereocenters. The van der Waals surface area contributed by atoms with Crippen molar-refractivity contribution < 1.29 is 13.9 Å². The molecule has 0 saturated carbocycles. The minimum atomic E-state index is -0.411. The van der Waals surface area contributed by atoms with Crippen LogP contribution in [0, 0.1) is 5.82 Å². The van der Waals surface area contributed by atoms with Crippen molar-refractivity contribution in [2.24, 2.45) is 0 Å². The van der Waals surface area contributed by atoms with Gasteiger partial charge in [0.15, 0.2) is 6.23 Å². The summed E-state index contributed by atoms with van der Waals surface area (Å²) in [5, 5.41) is 4.15. The minimum Gasteiger partial charge on any atom is -0.424 e. The molecule has 1 aromatic carbocycles. The van der Waals surface area contributed by atoms with Gasteiger partial charge in [0.2, 0.25) is 0 Å². The summed E-state index contributed by atoms with van der Waals surface area (Å²) in [6.45, 7) is 0.623. The van der Waals surface area contributed by atoms with Crippen LogP contribution in [-0.4, -0.2) is 26.4 Å². The Balaban J connectivity index is 1.58. The lowest BCUT2D eigenvalue weighted by Crippen LogP contribution is -2.31. The van der Waals surface area contributed by atoms with Gasteiger partial charge in [-0.15, -0.1) is 0 Å². The van der Waals surface area contributed by atoms with Gasteiger partial charge in [0.25, 0.3) is 5.56 Å². The number of hydrogen-bond acceptors (Lipinski definition) is 6. The predicted molar refractivity (Wildman–Crippen MR) is 94.8 cm³/mol. The molecule has 0 N–H and O–H groups in total. The van der Waals surface area contributed by atoms with Crippen LogP contribution in [0.5, 0.6) is 11.8 Å². The van der Waals surface area contributed by atoms with Crippen molar-refractivity contribution >= 4 is 0 Å². The van der Waals surface area contributed by atoms with E-state index in [0.717, 1.165) is 19.3 Å². The lowest BCUT2D eigenvalue weighted by atomic mass is 10.1. The first-order valence-electron chi connectivity index (χ1n) is 8.66. The Morgan fingerprint density at radius 3 is 2.78 bits per heavy atom. The van der Waals surface area contributed by atoms with Crippen molar-refractivity contribution in [3.05, 3.63) is 65.1 Å². The Kier molecular flexibility index (Phi) is 4.88. The van der Waals surface area contributed by atoms with Crippen LogP contribution in [0.25, 0.3) is 11.1 Å². The minimum absolute atomic E-state index is 0.0642. The molecule has 8 heteroatoms. The van der Waals surface area contributed by atoms with E-state index in [9.17, 15) is 9.18 Å². The summed E-state index contributed by atoms with van der Waals surface area (Å²) in [5.74, 6) is -0.116. The SMILES string of the molecule is O=c1c(-c2cnc(Oc3cccc(F)c3)nc2)ccnn1C1CCCCO1. The van der Waals surface area contributed by atoms with E-state index < -0.39 is 5.82 Å². The number of rotatable bonds is 4. The molecule has 3 aromatic rings. The van der Waals surface area contributed by atoms with Crippen LogP contribution < -0.4 is 10.3 Å². The van der Waals surface area contributed by atoms with Crippen LogP contribution in [0.15, 0.2) is 53.7 Å². The van der Waals surface area contributed by atoms with E-state index in [0.29, 0.717) is 23.5 Å². The summed E-state index contributed by atoms with van der Waals surface area (Å²) < 4.78 is 25.7. The zero-order valence-electron chi connectivity index (χ0n) is 14.4. The van der Waals surface area contributed by atoms with E-state index in [1.807, 2.05) is 0 Å². The third-order valence-electron chi connectivity index (χ3n) is 4.24. The Hall–Kier alpha value is -3.13. The number of nitrogens with zero attached hydrogens (tertiary/aromatic N) is 4. The predicted octanol–water partition coefficient (Wildman–Crippen LogP) is 3.33. The number of halogens is 1. The van der Waals surface area contributed by atoms with Crippen molar-refractivity contribution in [2.45, 2.75) is 25.5 Å². The van der Waals surface area contributed by atoms with Crippen LogP contribution in [0.2, 0.25) is 0 Å². The van der Waals surface area contributed by atoms with E-state index >= 15 is 0 Å². The Bertz CT molecular complexity index is 985. The van der Waals surface area contributed by atoms with Gasteiger partial charge in [-0.2, -0.15) is 5.10 Å². The number of benzene rings is 1. The summed E-state index contributed by atoms with van der Waals surface area (Å²) in [4.78, 5) is 21.0. The van der Waals surface area contributed by atoms with Crippen molar-refractivity contribution in [1.29, 1.82) is 0 Å². The molecule has 4 rings (SSSR count). The molecule has 27 heavy (non-hydrogen) atoms. The summed E-state index contributed by atoms with van der Waals surface area (Å²) >= 11 is 0. The van der Waals surface area contributed by atoms with E-state index in [-0.39, 0.29) is 17.8 Å². The maximum Gasteiger partial charge on any atom is 0.321 e. The summed E-state index contributed by atoms with van der Waals surface area (Å²) in [6.07, 6.45) is 6.94. The average Bonchev–Trinajstić information content (AvgIpc) is 2.70. The molecule has 1 saturated heterocycles. The van der Waals surface area contributed by atoms with Gasteiger partial charge >= 0.3 is 6.01 Å². The van der Waals surface area contributed by atoms with Crippen molar-refractivity contribution in [2.75, 3.05) is 6.61 Å². The summed E-state index contributed by atoms with van der Waals surface area (Å²) in [7, 11) is 0. The zero-order chi connectivity index (χ0) is 18.6. The van der Waals surface area contributed by atoms with Crippen molar-refractivity contribution in [1.82, 2.24) is 19.7 Å². The standard InChI is InChI=1S/C19H17FN4O3/c20-14-4-3-5-15(10-14)27-19-21-11-13(12-22-19)16-7-8-23-24(18(16)25)17-6-1-2-9-26-17/h3-5,7-8,10-12,17H,1-2,6,9H2. The van der Waals surface area contributed by atoms with E-state index in [1.54, 1.807) is 18.3 Å². The monoisotopic (exact) mass is 368 g/mol. The van der Waals surface area contributed by atoms with E-state index in [4.69, 9.17) is 9.47 Å². The first-order valence-corrected chi connectivity index (χ1v) is 8.66. The van der Waals surface area contributed by atoms with Crippen LogP contribution in [-0.2, 0) is 4.74 Å². The maximum atomic E-state index is 13.2. The fraction of sp³-hybridized carbons (Fsp3) is 0.263. The molecule has 0 spiro atoms. The van der Waals surface area contributed by atoms with Gasteiger partial charge in [-0.3, -0.25) is 4.79 Å². The highest BCUT2D eigenvalue weighted by molar-refractivity contribution is 5.59. The first kappa shape index (κ1) is 17.3. The average molecular weight is 368 g/mol. The van der Waals surface area contributed by atoms with Crippen molar-refractivity contribution in [3.63, 3.8) is 0 Å².